The Morgan fingerprint density at radius 1 is 0.713 bits per heavy atom. The molecule has 2 aliphatic rings. The Hall–Kier alpha value is -9.03. The molecule has 115 heavy (non-hydrogen) atoms. The molecule has 0 aliphatic carbocycles. The summed E-state index contributed by atoms with van der Waals surface area (Å²) in [6.45, 7) is 11.6. The van der Waals surface area contributed by atoms with Gasteiger partial charge in [-0.15, -0.1) is 5.10 Å². The Bertz CT molecular complexity index is 4470. The number of ketones is 2. The first-order valence-corrected chi connectivity index (χ1v) is 42.1. The largest absolute Gasteiger partial charge is 0.510 e. The molecule has 0 bridgehead atoms. The van der Waals surface area contributed by atoms with Crippen molar-refractivity contribution < 1.29 is 107 Å². The molecule has 0 saturated carbocycles. The van der Waals surface area contributed by atoms with Crippen LogP contribution in [0.3, 0.4) is 0 Å². The van der Waals surface area contributed by atoms with Gasteiger partial charge in [-0.05, 0) is 94.3 Å². The zero-order valence-electron chi connectivity index (χ0n) is 65.8. The summed E-state index contributed by atoms with van der Waals surface area (Å²) in [6.07, 6.45) is 7.78. The molecular weight excluding hydrogens is 1540 g/mol. The Labute approximate surface area is 668 Å². The number of fused-ring (bicyclic) bond motifs is 5. The third kappa shape index (κ3) is 29.3. The van der Waals surface area contributed by atoms with E-state index in [1.807, 2.05) is 38.1 Å². The first-order chi connectivity index (χ1) is 55.4. The number of nitrogens with two attached hydrogens (primary N) is 1. The lowest BCUT2D eigenvalue weighted by Crippen LogP contribution is -2.47. The Morgan fingerprint density at radius 3 is 1.94 bits per heavy atom. The van der Waals surface area contributed by atoms with Crippen LogP contribution in [0, 0.1) is 5.92 Å². The number of carbonyl (C=O) groups is 7. The highest BCUT2D eigenvalue weighted by Crippen LogP contribution is 2.42. The number of nitrogens with zero attached hydrogens (tertiary/aromatic N) is 8. The van der Waals surface area contributed by atoms with Crippen LogP contribution in [0.2, 0.25) is 0 Å². The van der Waals surface area contributed by atoms with Crippen molar-refractivity contribution in [2.24, 2.45) is 11.7 Å². The van der Waals surface area contributed by atoms with Crippen molar-refractivity contribution in [1.82, 2.24) is 49.5 Å². The molecule has 0 radical (unpaired) electrons. The molecule has 5 N–H and O–H groups in total. The van der Waals surface area contributed by atoms with Gasteiger partial charge in [-0.1, -0.05) is 48.9 Å². The molecule has 4 aromatic heterocycles. The number of nitrogens with one attached hydrogen (secondary N) is 3. The van der Waals surface area contributed by atoms with Gasteiger partial charge in [-0.3, -0.25) is 28.8 Å². The summed E-state index contributed by atoms with van der Waals surface area (Å²) in [5.41, 5.74) is 8.16. The minimum Gasteiger partial charge on any atom is -0.457 e. The van der Waals surface area contributed by atoms with Crippen molar-refractivity contribution in [2.75, 3.05) is 156 Å². The topological polar surface area (TPSA) is 455 Å². The molecule has 3 amide bonds. The number of esters is 1. The standard InChI is InChI=1S/C77H106N12O24S2/c1-6-77(66-44-68-70-64(49-88(68)73(95)65(66)53-111-74(77)96)62(63-15-7-8-16-67(63)84-70)22-25-89(54(2)3)115(5,100)101)113-76(97)112-50-55-18-20-58(21-19-55)83-72(94)56(13-9-10-23-78)43-61(91)52-110-51-60(90)14-12-27-102-29-31-104-33-35-106-37-39-108-41-42-109-40-38-107-36-34-105-32-30-103-28-26-87-48-59(85-86-87)47-80-69(92)17-11-24-79-71(93)57-45-81-75(82-46-57)114(4,98)99/h7-8,15-16,18-21,44-46,48,54,56H,6,9-14,17,22-43,47,49-53,78H2,1-5H3,(H,79,93)(H,80,92)(H,83,94)/t56-,77+/m1/s1. The number of amides is 3. The second kappa shape index (κ2) is 47.2. The summed E-state index contributed by atoms with van der Waals surface area (Å²) < 4.78 is 120. The monoisotopic (exact) mass is 1650 g/mol. The molecule has 2 atom stereocenters. The molecule has 0 spiro atoms. The first-order valence-electron chi connectivity index (χ1n) is 38.4. The maximum atomic E-state index is 14.4. The highest BCUT2D eigenvalue weighted by Gasteiger charge is 2.51. The van der Waals surface area contributed by atoms with Crippen LogP contribution in [0.5, 0.6) is 0 Å². The van der Waals surface area contributed by atoms with E-state index in [0.29, 0.717) is 191 Å². The number of ether oxygens (including phenoxy) is 12. The van der Waals surface area contributed by atoms with Gasteiger partial charge in [0, 0.05) is 91.8 Å². The number of pyridine rings is 2. The Morgan fingerprint density at radius 2 is 1.33 bits per heavy atom. The van der Waals surface area contributed by atoms with Crippen LogP contribution >= 0.6 is 0 Å². The number of para-hydroxylation sites is 1. The number of anilines is 1. The van der Waals surface area contributed by atoms with Crippen LogP contribution in [0.4, 0.5) is 10.5 Å². The number of carbonyl (C=O) groups excluding carboxylic acids is 7. The molecule has 0 fully saturated rings. The van der Waals surface area contributed by atoms with Crippen LogP contribution in [0.25, 0.3) is 22.3 Å². The van der Waals surface area contributed by atoms with E-state index in [2.05, 4.69) is 36.2 Å². The van der Waals surface area contributed by atoms with Gasteiger partial charge in [-0.2, -0.15) is 4.31 Å². The number of Topliss-reactive ketones (excluding diaryl/α,β-unsaturated/α-hetero) is 2. The summed E-state index contributed by atoms with van der Waals surface area (Å²) in [6, 6.07) is 15.2. The predicted molar refractivity (Wildman–Crippen MR) is 415 cm³/mol. The summed E-state index contributed by atoms with van der Waals surface area (Å²) >= 11 is 0. The van der Waals surface area contributed by atoms with Crippen molar-refractivity contribution in [2.45, 2.75) is 135 Å². The van der Waals surface area contributed by atoms with E-state index in [1.165, 1.54) is 10.6 Å². The van der Waals surface area contributed by atoms with E-state index in [-0.39, 0.29) is 124 Å². The molecule has 2 aromatic carbocycles. The van der Waals surface area contributed by atoms with Gasteiger partial charge >= 0.3 is 12.1 Å². The molecule has 0 unspecified atom stereocenters. The van der Waals surface area contributed by atoms with Crippen molar-refractivity contribution in [3.8, 4) is 11.4 Å². The van der Waals surface area contributed by atoms with Gasteiger partial charge in [0.2, 0.25) is 42.4 Å². The van der Waals surface area contributed by atoms with Gasteiger partial charge in [0.15, 0.2) is 11.6 Å². The number of aromatic nitrogens is 7. The molecule has 8 rings (SSSR count). The van der Waals surface area contributed by atoms with E-state index >= 15 is 0 Å². The summed E-state index contributed by atoms with van der Waals surface area (Å²) in [7, 11) is -7.12. The molecular formula is C77H106N12O24S2. The quantitative estimate of drug-likeness (QED) is 0.0237. The van der Waals surface area contributed by atoms with Crippen LogP contribution < -0.4 is 27.2 Å². The molecule has 2 aliphatic heterocycles. The fraction of sp³-hybridized carbons (Fsp3) is 0.571. The molecule has 6 heterocycles. The normalized spacial score (nSPS) is 14.1. The number of sulfonamides is 1. The van der Waals surface area contributed by atoms with Crippen LogP contribution in [0.15, 0.2) is 83.1 Å². The molecule has 36 nitrogen and oxygen atoms in total. The SMILES string of the molecule is CC[C@@]1(OC(=O)OCc2ccc(NC(=O)[C@H](CCCCN)CC(=O)COCC(=O)CCCOCCOCCOCCOCCOCCOCCOCCOCCn3cc(CNC(=O)CCCNC(=O)c4cnc(S(C)(=O)=O)nc4)nn3)cc2)C(=O)OCc2c1cc1n(c2=O)Cc2c-1nc1ccccc1c2CCN(C(C)C)S(C)(=O)=O. The maximum absolute atomic E-state index is 14.4. The second-order valence-electron chi connectivity index (χ2n) is 27.4. The van der Waals surface area contributed by atoms with Crippen LogP contribution in [-0.4, -0.2) is 254 Å². The summed E-state index contributed by atoms with van der Waals surface area (Å²) in [4.78, 5) is 118. The van der Waals surface area contributed by atoms with E-state index in [1.54, 1.807) is 52.7 Å². The third-order valence-corrected chi connectivity index (χ3v) is 20.8. The number of benzene rings is 2. The number of cyclic esters (lactones) is 1. The highest BCUT2D eigenvalue weighted by atomic mass is 32.2. The van der Waals surface area contributed by atoms with E-state index in [9.17, 15) is 55.2 Å². The number of hydrogen-bond donors (Lipinski definition) is 4. The van der Waals surface area contributed by atoms with Crippen molar-refractivity contribution in [1.29, 1.82) is 0 Å². The van der Waals surface area contributed by atoms with Gasteiger partial charge in [0.25, 0.3) is 11.5 Å². The van der Waals surface area contributed by atoms with Crippen molar-refractivity contribution >= 4 is 77.9 Å². The first kappa shape index (κ1) is 91.5. The second-order valence-corrected chi connectivity index (χ2v) is 31.3. The van der Waals surface area contributed by atoms with Gasteiger partial charge < -0.3 is 83.1 Å². The molecule has 0 saturated heterocycles. The average Bonchev–Trinajstić information content (AvgIpc) is 1.45. The zero-order chi connectivity index (χ0) is 82.6. The summed E-state index contributed by atoms with van der Waals surface area (Å²) in [5, 5.41) is 16.8. The minimum absolute atomic E-state index is 0.103. The lowest BCUT2D eigenvalue weighted by atomic mass is 9.85. The van der Waals surface area contributed by atoms with Gasteiger partial charge in [-0.25, -0.2) is 46.1 Å². The van der Waals surface area contributed by atoms with Gasteiger partial charge in [0.05, 0.1) is 159 Å². The Balaban J connectivity index is 0.594. The number of sulfone groups is 1. The number of unbranched alkanes of at least 4 members (excludes halogenated alkanes) is 1. The Kier molecular flexibility index (Phi) is 37.6. The van der Waals surface area contributed by atoms with E-state index < -0.39 is 60.9 Å². The van der Waals surface area contributed by atoms with Crippen molar-refractivity contribution in [3.63, 3.8) is 0 Å². The molecule has 38 heteroatoms. The summed E-state index contributed by atoms with van der Waals surface area (Å²) in [5.74, 6) is -3.27. The minimum atomic E-state index is -3.58. The lowest BCUT2D eigenvalue weighted by Gasteiger charge is -2.35. The van der Waals surface area contributed by atoms with Crippen LogP contribution in [0.1, 0.15) is 122 Å². The molecule has 630 valence electrons. The number of rotatable bonds is 57. The fourth-order valence-electron chi connectivity index (χ4n) is 12.5. The smallest absolute Gasteiger partial charge is 0.457 e. The van der Waals surface area contributed by atoms with E-state index in [4.69, 9.17) is 67.6 Å². The third-order valence-electron chi connectivity index (χ3n) is 18.4. The van der Waals surface area contributed by atoms with Gasteiger partial charge in [0.1, 0.15) is 32.1 Å². The van der Waals surface area contributed by atoms with Crippen LogP contribution in [-0.2, 0) is 146 Å². The molecule has 6 aromatic rings. The van der Waals surface area contributed by atoms with Crippen molar-refractivity contribution in [3.05, 3.63) is 123 Å². The lowest BCUT2D eigenvalue weighted by molar-refractivity contribution is -0.175. The van der Waals surface area contributed by atoms with E-state index in [0.717, 1.165) is 35.2 Å². The number of hydrogen-bond acceptors (Lipinski definition) is 30. The predicted octanol–water partition coefficient (Wildman–Crippen LogP) is 4.11. The highest BCUT2D eigenvalue weighted by molar-refractivity contribution is 7.90. The fourth-order valence-corrected chi connectivity index (χ4v) is 14.2. The average molecular weight is 1650 g/mol. The zero-order valence-corrected chi connectivity index (χ0v) is 67.4. The maximum Gasteiger partial charge on any atom is 0.510 e.